The summed E-state index contributed by atoms with van der Waals surface area (Å²) in [5.74, 6) is 0. The first-order valence-electron chi connectivity index (χ1n) is 3.23. The van der Waals surface area contributed by atoms with Crippen LogP contribution in [0.5, 0.6) is 0 Å². The first kappa shape index (κ1) is 9.23. The highest BCUT2D eigenvalue weighted by Gasteiger charge is 2.10. The van der Waals surface area contributed by atoms with Crippen LogP contribution >= 0.6 is 0 Å². The van der Waals surface area contributed by atoms with Gasteiger partial charge in [-0.2, -0.15) is 0 Å². The zero-order valence-corrected chi connectivity index (χ0v) is 6.24. The number of rotatable bonds is 3. The van der Waals surface area contributed by atoms with Crippen LogP contribution in [0.2, 0.25) is 0 Å². The topological polar surface area (TPSA) is 60.8 Å². The summed E-state index contributed by atoms with van der Waals surface area (Å²) in [7, 11) is 0. The maximum Gasteiger partial charge on any atom is 0.407 e. The van der Waals surface area contributed by atoms with E-state index < -0.39 is 12.2 Å². The molecule has 0 bridgehead atoms. The Bertz CT molecular complexity index is 114. The van der Waals surface area contributed by atoms with Crippen molar-refractivity contribution in [2.24, 2.45) is 0 Å². The summed E-state index contributed by atoms with van der Waals surface area (Å²) in [6.45, 7) is 3.90. The molecule has 4 nitrogen and oxygen atoms in total. The standard InChI is InChI=1S/C6H13NO3/c1-3-7(6(9)10)4-5(2)8/h5,8H,3-4H2,1-2H3,(H,9,10)/t5-/m1/s1. The van der Waals surface area contributed by atoms with Crippen LogP contribution in [0.4, 0.5) is 4.79 Å². The lowest BCUT2D eigenvalue weighted by Gasteiger charge is -2.17. The first-order valence-corrected chi connectivity index (χ1v) is 3.23. The summed E-state index contributed by atoms with van der Waals surface area (Å²) in [6.07, 6.45) is -1.57. The van der Waals surface area contributed by atoms with Crippen molar-refractivity contribution in [2.45, 2.75) is 20.0 Å². The molecule has 0 saturated heterocycles. The lowest BCUT2D eigenvalue weighted by Crippen LogP contribution is -2.35. The molecule has 0 radical (unpaired) electrons. The van der Waals surface area contributed by atoms with Crippen molar-refractivity contribution in [3.05, 3.63) is 0 Å². The molecule has 1 atom stereocenters. The average Bonchev–Trinajstić information content (AvgIpc) is 1.81. The van der Waals surface area contributed by atoms with Gasteiger partial charge in [0, 0.05) is 13.1 Å². The lowest BCUT2D eigenvalue weighted by molar-refractivity contribution is 0.107. The number of likely N-dealkylation sites (N-methyl/N-ethyl adjacent to an activating group) is 1. The molecule has 0 aromatic heterocycles. The van der Waals surface area contributed by atoms with Crippen LogP contribution in [0, 0.1) is 0 Å². The predicted octanol–water partition coefficient (Wildman–Crippen LogP) is 0.367. The van der Waals surface area contributed by atoms with Crippen molar-refractivity contribution in [3.63, 3.8) is 0 Å². The predicted molar refractivity (Wildman–Crippen MR) is 37.0 cm³/mol. The number of carbonyl (C=O) groups is 1. The molecule has 0 fully saturated rings. The molecule has 2 N–H and O–H groups in total. The van der Waals surface area contributed by atoms with Gasteiger partial charge in [0.2, 0.25) is 0 Å². The Kier molecular flexibility index (Phi) is 3.79. The van der Waals surface area contributed by atoms with Crippen molar-refractivity contribution in [1.29, 1.82) is 0 Å². The normalized spacial score (nSPS) is 12.7. The Morgan fingerprint density at radius 3 is 2.30 bits per heavy atom. The second kappa shape index (κ2) is 4.11. The molecule has 0 saturated carbocycles. The zero-order chi connectivity index (χ0) is 8.15. The van der Waals surface area contributed by atoms with Crippen LogP contribution in [0.3, 0.4) is 0 Å². The number of amides is 1. The van der Waals surface area contributed by atoms with E-state index in [9.17, 15) is 4.79 Å². The van der Waals surface area contributed by atoms with E-state index >= 15 is 0 Å². The zero-order valence-electron chi connectivity index (χ0n) is 6.24. The SMILES string of the molecule is CCN(C[C@@H](C)O)C(=O)O. The Hall–Kier alpha value is -0.770. The quantitative estimate of drug-likeness (QED) is 0.606. The van der Waals surface area contributed by atoms with Gasteiger partial charge in [-0.25, -0.2) is 4.79 Å². The molecule has 0 heterocycles. The molecule has 0 aromatic carbocycles. The van der Waals surface area contributed by atoms with E-state index in [4.69, 9.17) is 10.2 Å². The molecule has 60 valence electrons. The fraction of sp³-hybridized carbons (Fsp3) is 0.833. The molecule has 0 aliphatic rings. The van der Waals surface area contributed by atoms with Gasteiger partial charge in [0.05, 0.1) is 6.10 Å². The van der Waals surface area contributed by atoms with Crippen molar-refractivity contribution < 1.29 is 15.0 Å². The summed E-state index contributed by atoms with van der Waals surface area (Å²) in [4.78, 5) is 11.4. The van der Waals surface area contributed by atoms with Gasteiger partial charge in [-0.1, -0.05) is 0 Å². The highest BCUT2D eigenvalue weighted by atomic mass is 16.4. The smallest absolute Gasteiger partial charge is 0.407 e. The molecule has 1 amide bonds. The van der Waals surface area contributed by atoms with Gasteiger partial charge in [0.1, 0.15) is 0 Å². The van der Waals surface area contributed by atoms with Gasteiger partial charge in [-0.05, 0) is 13.8 Å². The van der Waals surface area contributed by atoms with E-state index in [1.807, 2.05) is 0 Å². The minimum absolute atomic E-state index is 0.186. The van der Waals surface area contributed by atoms with Crippen LogP contribution in [-0.4, -0.2) is 40.4 Å². The number of hydrogen-bond donors (Lipinski definition) is 2. The van der Waals surface area contributed by atoms with Gasteiger partial charge in [0.15, 0.2) is 0 Å². The van der Waals surface area contributed by atoms with Crippen molar-refractivity contribution in [3.8, 4) is 0 Å². The number of hydrogen-bond acceptors (Lipinski definition) is 2. The molecule has 0 aromatic rings. The largest absolute Gasteiger partial charge is 0.465 e. The Morgan fingerprint density at radius 2 is 2.20 bits per heavy atom. The average molecular weight is 147 g/mol. The van der Waals surface area contributed by atoms with Gasteiger partial charge in [-0.3, -0.25) is 0 Å². The summed E-state index contributed by atoms with van der Waals surface area (Å²) < 4.78 is 0. The van der Waals surface area contributed by atoms with E-state index in [1.165, 1.54) is 0 Å². The number of aliphatic hydroxyl groups excluding tert-OH is 1. The second-order valence-electron chi connectivity index (χ2n) is 2.17. The Morgan fingerprint density at radius 1 is 1.70 bits per heavy atom. The maximum atomic E-state index is 10.3. The van der Waals surface area contributed by atoms with Gasteiger partial charge in [0.25, 0.3) is 0 Å². The third-order valence-electron chi connectivity index (χ3n) is 1.14. The van der Waals surface area contributed by atoms with E-state index in [1.54, 1.807) is 13.8 Å². The highest BCUT2D eigenvalue weighted by molar-refractivity contribution is 5.64. The maximum absolute atomic E-state index is 10.3. The van der Waals surface area contributed by atoms with Gasteiger partial charge >= 0.3 is 6.09 Å². The first-order chi connectivity index (χ1) is 4.57. The van der Waals surface area contributed by atoms with Gasteiger partial charge < -0.3 is 15.1 Å². The van der Waals surface area contributed by atoms with E-state index in [2.05, 4.69) is 0 Å². The van der Waals surface area contributed by atoms with E-state index in [0.29, 0.717) is 6.54 Å². The molecule has 0 spiro atoms. The van der Waals surface area contributed by atoms with Crippen LogP contribution in [0.25, 0.3) is 0 Å². The van der Waals surface area contributed by atoms with E-state index in [-0.39, 0.29) is 6.54 Å². The number of carboxylic acid groups (broad SMARTS) is 1. The van der Waals surface area contributed by atoms with Crippen molar-refractivity contribution in [1.82, 2.24) is 4.90 Å². The number of aliphatic hydroxyl groups is 1. The molecule has 0 aliphatic heterocycles. The Labute approximate surface area is 60.1 Å². The molecule has 10 heavy (non-hydrogen) atoms. The molecule has 4 heteroatoms. The summed E-state index contributed by atoms with van der Waals surface area (Å²) >= 11 is 0. The van der Waals surface area contributed by atoms with Crippen molar-refractivity contribution in [2.75, 3.05) is 13.1 Å². The van der Waals surface area contributed by atoms with Crippen molar-refractivity contribution >= 4 is 6.09 Å². The third-order valence-corrected chi connectivity index (χ3v) is 1.14. The van der Waals surface area contributed by atoms with Crippen LogP contribution in [0.1, 0.15) is 13.8 Å². The minimum Gasteiger partial charge on any atom is -0.465 e. The lowest BCUT2D eigenvalue weighted by atomic mass is 10.4. The Balaban J connectivity index is 3.72. The summed E-state index contributed by atoms with van der Waals surface area (Å²) in [5, 5.41) is 17.2. The molecular weight excluding hydrogens is 134 g/mol. The van der Waals surface area contributed by atoms with Crippen LogP contribution in [0.15, 0.2) is 0 Å². The second-order valence-corrected chi connectivity index (χ2v) is 2.17. The molecule has 0 unspecified atom stereocenters. The highest BCUT2D eigenvalue weighted by Crippen LogP contribution is 1.91. The molecule has 0 rings (SSSR count). The van der Waals surface area contributed by atoms with Crippen LogP contribution < -0.4 is 0 Å². The third kappa shape index (κ3) is 3.29. The van der Waals surface area contributed by atoms with E-state index in [0.717, 1.165) is 4.90 Å². The van der Waals surface area contributed by atoms with Crippen LogP contribution in [-0.2, 0) is 0 Å². The number of nitrogens with zero attached hydrogens (tertiary/aromatic N) is 1. The van der Waals surface area contributed by atoms with Gasteiger partial charge in [-0.15, -0.1) is 0 Å². The summed E-state index contributed by atoms with van der Waals surface area (Å²) in [5.41, 5.74) is 0. The molecular formula is C6H13NO3. The summed E-state index contributed by atoms with van der Waals surface area (Å²) in [6, 6.07) is 0. The minimum atomic E-state index is -0.983. The molecule has 0 aliphatic carbocycles. The fourth-order valence-corrected chi connectivity index (χ4v) is 0.661. The monoisotopic (exact) mass is 147 g/mol. The fourth-order valence-electron chi connectivity index (χ4n) is 0.661.